The molecule has 0 saturated heterocycles. The number of nitrogens with zero attached hydrogens (tertiary/aromatic N) is 1. The van der Waals surface area contributed by atoms with Crippen molar-refractivity contribution in [3.05, 3.63) is 65.2 Å². The smallest absolute Gasteiger partial charge is 0.255 e. The molecule has 2 rings (SSSR count). The molecular formula is C15H13N3O. The van der Waals surface area contributed by atoms with Gasteiger partial charge in [-0.3, -0.25) is 4.79 Å². The lowest BCUT2D eigenvalue weighted by Gasteiger charge is -2.09. The van der Waals surface area contributed by atoms with Crippen molar-refractivity contribution in [1.29, 1.82) is 5.26 Å². The largest absolute Gasteiger partial charge is 0.326 e. The number of para-hydroxylation sites is 1. The lowest BCUT2D eigenvalue weighted by atomic mass is 10.1. The predicted molar refractivity (Wildman–Crippen MR) is 73.4 cm³/mol. The summed E-state index contributed by atoms with van der Waals surface area (Å²) in [6, 6.07) is 15.9. The molecule has 2 aromatic carbocycles. The summed E-state index contributed by atoms with van der Waals surface area (Å²) in [6.07, 6.45) is 0. The fourth-order valence-corrected chi connectivity index (χ4v) is 1.74. The van der Waals surface area contributed by atoms with E-state index in [0.717, 1.165) is 5.56 Å². The molecule has 19 heavy (non-hydrogen) atoms. The van der Waals surface area contributed by atoms with Crippen molar-refractivity contribution in [3.8, 4) is 6.07 Å². The number of carbonyl (C=O) groups excluding carboxylic acids is 1. The van der Waals surface area contributed by atoms with Gasteiger partial charge < -0.3 is 11.1 Å². The number of carbonyl (C=O) groups is 1. The molecule has 0 radical (unpaired) electrons. The Morgan fingerprint density at radius 3 is 2.74 bits per heavy atom. The van der Waals surface area contributed by atoms with E-state index < -0.39 is 0 Å². The first kappa shape index (κ1) is 12.8. The van der Waals surface area contributed by atoms with Gasteiger partial charge in [-0.1, -0.05) is 24.3 Å². The van der Waals surface area contributed by atoms with Crippen LogP contribution in [-0.4, -0.2) is 5.91 Å². The molecule has 0 spiro atoms. The maximum atomic E-state index is 12.1. The van der Waals surface area contributed by atoms with Crippen LogP contribution in [-0.2, 0) is 6.54 Å². The third kappa shape index (κ3) is 2.97. The fourth-order valence-electron chi connectivity index (χ4n) is 1.74. The quantitative estimate of drug-likeness (QED) is 0.878. The van der Waals surface area contributed by atoms with Crippen molar-refractivity contribution >= 4 is 11.6 Å². The van der Waals surface area contributed by atoms with E-state index >= 15 is 0 Å². The second-order valence-corrected chi connectivity index (χ2v) is 4.01. The molecule has 0 aliphatic heterocycles. The molecule has 4 nitrogen and oxygen atoms in total. The van der Waals surface area contributed by atoms with Gasteiger partial charge in [-0.15, -0.1) is 0 Å². The minimum atomic E-state index is -0.252. The Morgan fingerprint density at radius 2 is 2.00 bits per heavy atom. The summed E-state index contributed by atoms with van der Waals surface area (Å²) in [5.41, 5.74) is 8.08. The van der Waals surface area contributed by atoms with Gasteiger partial charge in [0.2, 0.25) is 0 Å². The van der Waals surface area contributed by atoms with Crippen molar-refractivity contribution in [3.63, 3.8) is 0 Å². The Bertz CT molecular complexity index is 644. The number of amides is 1. The number of rotatable bonds is 3. The first-order valence-corrected chi connectivity index (χ1v) is 5.84. The molecule has 0 heterocycles. The zero-order valence-corrected chi connectivity index (χ0v) is 10.3. The molecule has 0 aliphatic rings. The number of hydrogen-bond donors (Lipinski definition) is 2. The second kappa shape index (κ2) is 5.80. The summed E-state index contributed by atoms with van der Waals surface area (Å²) in [5.74, 6) is -0.252. The highest BCUT2D eigenvalue weighted by atomic mass is 16.1. The average molecular weight is 251 g/mol. The summed E-state index contributed by atoms with van der Waals surface area (Å²) < 4.78 is 0. The van der Waals surface area contributed by atoms with Crippen molar-refractivity contribution in [1.82, 2.24) is 0 Å². The molecular weight excluding hydrogens is 238 g/mol. The molecule has 0 aliphatic carbocycles. The van der Waals surface area contributed by atoms with E-state index in [1.807, 2.05) is 24.3 Å². The van der Waals surface area contributed by atoms with Crippen LogP contribution in [0.25, 0.3) is 0 Å². The Hall–Kier alpha value is -2.64. The second-order valence-electron chi connectivity index (χ2n) is 4.01. The summed E-state index contributed by atoms with van der Waals surface area (Å²) in [6.45, 7) is 0.356. The minimum absolute atomic E-state index is 0.252. The molecule has 4 heteroatoms. The highest BCUT2D eigenvalue weighted by molar-refractivity contribution is 6.04. The Morgan fingerprint density at radius 1 is 1.21 bits per heavy atom. The Kier molecular flexibility index (Phi) is 3.91. The normalized spacial score (nSPS) is 9.68. The van der Waals surface area contributed by atoms with Crippen LogP contribution in [0.4, 0.5) is 5.69 Å². The fraction of sp³-hybridized carbons (Fsp3) is 0.0667. The van der Waals surface area contributed by atoms with E-state index in [2.05, 4.69) is 5.32 Å². The first-order chi connectivity index (χ1) is 9.24. The van der Waals surface area contributed by atoms with Gasteiger partial charge in [0.1, 0.15) is 0 Å². The van der Waals surface area contributed by atoms with Gasteiger partial charge in [0, 0.05) is 17.8 Å². The molecule has 2 aromatic rings. The van der Waals surface area contributed by atoms with E-state index in [0.29, 0.717) is 23.4 Å². The maximum absolute atomic E-state index is 12.1. The molecule has 0 atom stereocenters. The van der Waals surface area contributed by atoms with Crippen molar-refractivity contribution in [2.24, 2.45) is 5.73 Å². The molecule has 1 amide bonds. The summed E-state index contributed by atoms with van der Waals surface area (Å²) in [5, 5.41) is 11.6. The van der Waals surface area contributed by atoms with Gasteiger partial charge in [-0.2, -0.15) is 5.26 Å². The van der Waals surface area contributed by atoms with E-state index in [9.17, 15) is 4.79 Å². The van der Waals surface area contributed by atoms with E-state index in [1.54, 1.807) is 30.3 Å². The molecule has 0 aromatic heterocycles. The zero-order valence-electron chi connectivity index (χ0n) is 10.3. The molecule has 3 N–H and O–H groups in total. The monoisotopic (exact) mass is 251 g/mol. The lowest BCUT2D eigenvalue weighted by Crippen LogP contribution is -2.14. The number of nitrogens with one attached hydrogen (secondary N) is 1. The van der Waals surface area contributed by atoms with Crippen LogP contribution in [0, 0.1) is 11.3 Å². The standard InChI is InChI=1S/C15H13N3O/c16-9-11-4-3-6-12(8-11)15(19)18-14-7-2-1-5-13(14)10-17/h1-8H,10,17H2,(H,18,19). The number of anilines is 1. The first-order valence-electron chi connectivity index (χ1n) is 5.84. The third-order valence-corrected chi connectivity index (χ3v) is 2.74. The van der Waals surface area contributed by atoms with Crippen LogP contribution in [0.15, 0.2) is 48.5 Å². The predicted octanol–water partition coefficient (Wildman–Crippen LogP) is 2.27. The number of nitrogens with two attached hydrogens (primary N) is 1. The number of nitriles is 1. The molecule has 0 saturated carbocycles. The molecule has 0 bridgehead atoms. The van der Waals surface area contributed by atoms with Gasteiger partial charge in [0.15, 0.2) is 0 Å². The summed E-state index contributed by atoms with van der Waals surface area (Å²) in [4.78, 5) is 12.1. The topological polar surface area (TPSA) is 78.9 Å². The lowest BCUT2D eigenvalue weighted by molar-refractivity contribution is 0.102. The van der Waals surface area contributed by atoms with E-state index in [-0.39, 0.29) is 5.91 Å². The molecule has 0 unspecified atom stereocenters. The minimum Gasteiger partial charge on any atom is -0.326 e. The third-order valence-electron chi connectivity index (χ3n) is 2.74. The van der Waals surface area contributed by atoms with Crippen LogP contribution in [0.3, 0.4) is 0 Å². The van der Waals surface area contributed by atoms with Crippen LogP contribution in [0.2, 0.25) is 0 Å². The van der Waals surface area contributed by atoms with Crippen LogP contribution in [0.1, 0.15) is 21.5 Å². The average Bonchev–Trinajstić information content (AvgIpc) is 2.47. The number of hydrogen-bond acceptors (Lipinski definition) is 3. The Labute approximate surface area is 111 Å². The van der Waals surface area contributed by atoms with Crippen LogP contribution < -0.4 is 11.1 Å². The Balaban J connectivity index is 2.23. The van der Waals surface area contributed by atoms with Gasteiger partial charge >= 0.3 is 0 Å². The summed E-state index contributed by atoms with van der Waals surface area (Å²) >= 11 is 0. The SMILES string of the molecule is N#Cc1cccc(C(=O)Nc2ccccc2CN)c1. The van der Waals surface area contributed by atoms with Gasteiger partial charge in [0.25, 0.3) is 5.91 Å². The van der Waals surface area contributed by atoms with Gasteiger partial charge in [-0.05, 0) is 29.8 Å². The molecule has 0 fully saturated rings. The zero-order chi connectivity index (χ0) is 13.7. The van der Waals surface area contributed by atoms with Gasteiger partial charge in [-0.25, -0.2) is 0 Å². The number of benzene rings is 2. The van der Waals surface area contributed by atoms with Crippen LogP contribution in [0.5, 0.6) is 0 Å². The highest BCUT2D eigenvalue weighted by Crippen LogP contribution is 2.15. The highest BCUT2D eigenvalue weighted by Gasteiger charge is 2.08. The van der Waals surface area contributed by atoms with Crippen LogP contribution >= 0.6 is 0 Å². The van der Waals surface area contributed by atoms with Crippen molar-refractivity contribution < 1.29 is 4.79 Å². The maximum Gasteiger partial charge on any atom is 0.255 e. The summed E-state index contributed by atoms with van der Waals surface area (Å²) in [7, 11) is 0. The molecule has 94 valence electrons. The van der Waals surface area contributed by atoms with Crippen molar-refractivity contribution in [2.75, 3.05) is 5.32 Å². The van der Waals surface area contributed by atoms with E-state index in [4.69, 9.17) is 11.0 Å². The van der Waals surface area contributed by atoms with Gasteiger partial charge in [0.05, 0.1) is 11.6 Å². The van der Waals surface area contributed by atoms with Crippen molar-refractivity contribution in [2.45, 2.75) is 6.54 Å². The van der Waals surface area contributed by atoms with E-state index in [1.165, 1.54) is 0 Å².